The lowest BCUT2D eigenvalue weighted by Gasteiger charge is -2.30. The Morgan fingerprint density at radius 1 is 1.05 bits per heavy atom. The van der Waals surface area contributed by atoms with Gasteiger partial charge < -0.3 is 14.5 Å². The summed E-state index contributed by atoms with van der Waals surface area (Å²) in [5.74, 6) is 2.04. The second-order valence-corrected chi connectivity index (χ2v) is 6.38. The summed E-state index contributed by atoms with van der Waals surface area (Å²) >= 11 is 1.87. The summed E-state index contributed by atoms with van der Waals surface area (Å²) in [6, 6.07) is 4.35. The van der Waals surface area contributed by atoms with Gasteiger partial charge in [-0.15, -0.1) is 11.3 Å². The van der Waals surface area contributed by atoms with Crippen molar-refractivity contribution >= 4 is 23.0 Å². The average molecular weight is 302 g/mol. The highest BCUT2D eigenvalue weighted by molar-refractivity contribution is 7.10. The molecule has 1 saturated heterocycles. The van der Waals surface area contributed by atoms with E-state index in [1.165, 1.54) is 10.4 Å². The van der Waals surface area contributed by atoms with E-state index >= 15 is 0 Å². The van der Waals surface area contributed by atoms with E-state index in [0.717, 1.165) is 57.4 Å². The molecule has 110 valence electrons. The first kappa shape index (κ1) is 13.0. The van der Waals surface area contributed by atoms with Crippen molar-refractivity contribution in [2.45, 2.75) is 13.0 Å². The quantitative estimate of drug-likeness (QED) is 0.848. The standard InChI is InChI=1S/C15H18N4OS/c1-3-19(10-12-2-8-21-13(1)12)15-9-14(16-11-17-15)18-4-6-20-7-5-18/h2,8-9,11H,1,3-7,10H2. The maximum atomic E-state index is 5.40. The number of hydrogen-bond acceptors (Lipinski definition) is 6. The highest BCUT2D eigenvalue weighted by atomic mass is 32.1. The monoisotopic (exact) mass is 302 g/mol. The molecule has 4 heterocycles. The molecule has 2 aromatic rings. The van der Waals surface area contributed by atoms with E-state index in [-0.39, 0.29) is 0 Å². The SMILES string of the molecule is c1nc(N2CCOCC2)cc(N2CCc3sccc3C2)n1. The molecule has 0 aromatic carbocycles. The Hall–Kier alpha value is -1.66. The number of hydrogen-bond donors (Lipinski definition) is 0. The Morgan fingerprint density at radius 2 is 1.86 bits per heavy atom. The maximum absolute atomic E-state index is 5.40. The van der Waals surface area contributed by atoms with Crippen molar-refractivity contribution in [2.75, 3.05) is 42.6 Å². The minimum Gasteiger partial charge on any atom is -0.378 e. The molecule has 2 aromatic heterocycles. The van der Waals surface area contributed by atoms with Gasteiger partial charge >= 0.3 is 0 Å². The van der Waals surface area contributed by atoms with Crippen LogP contribution in [0.25, 0.3) is 0 Å². The molecule has 0 amide bonds. The molecule has 21 heavy (non-hydrogen) atoms. The van der Waals surface area contributed by atoms with Crippen molar-refractivity contribution in [3.05, 3.63) is 34.3 Å². The lowest BCUT2D eigenvalue weighted by Crippen LogP contribution is -2.37. The van der Waals surface area contributed by atoms with Gasteiger partial charge in [0.25, 0.3) is 0 Å². The third-order valence-electron chi connectivity index (χ3n) is 4.10. The van der Waals surface area contributed by atoms with Crippen molar-refractivity contribution < 1.29 is 4.74 Å². The van der Waals surface area contributed by atoms with Crippen LogP contribution in [0.15, 0.2) is 23.8 Å². The van der Waals surface area contributed by atoms with Gasteiger partial charge in [0, 0.05) is 37.1 Å². The molecule has 6 heteroatoms. The number of fused-ring (bicyclic) bond motifs is 1. The zero-order valence-electron chi connectivity index (χ0n) is 11.9. The summed E-state index contributed by atoms with van der Waals surface area (Å²) in [7, 11) is 0. The highest BCUT2D eigenvalue weighted by Gasteiger charge is 2.20. The molecule has 0 spiro atoms. The third-order valence-corrected chi connectivity index (χ3v) is 5.13. The fourth-order valence-electron chi connectivity index (χ4n) is 2.92. The van der Waals surface area contributed by atoms with Crippen LogP contribution in [0.3, 0.4) is 0 Å². The maximum Gasteiger partial charge on any atom is 0.134 e. The average Bonchev–Trinajstić information content (AvgIpc) is 3.03. The first-order chi connectivity index (χ1) is 10.4. The number of aromatic nitrogens is 2. The minimum atomic E-state index is 0.779. The number of rotatable bonds is 2. The smallest absolute Gasteiger partial charge is 0.134 e. The molecule has 0 N–H and O–H groups in total. The van der Waals surface area contributed by atoms with Gasteiger partial charge in [-0.1, -0.05) is 0 Å². The Labute approximate surface area is 128 Å². The fraction of sp³-hybridized carbons (Fsp3) is 0.467. The largest absolute Gasteiger partial charge is 0.378 e. The predicted octanol–water partition coefficient (Wildman–Crippen LogP) is 1.94. The number of morpholine rings is 1. The summed E-state index contributed by atoms with van der Waals surface area (Å²) in [6.45, 7) is 5.37. The molecular formula is C15H18N4OS. The Morgan fingerprint density at radius 3 is 2.71 bits per heavy atom. The molecule has 4 rings (SSSR count). The molecule has 0 aliphatic carbocycles. The summed E-state index contributed by atoms with van der Waals surface area (Å²) in [5.41, 5.74) is 1.44. The first-order valence-electron chi connectivity index (χ1n) is 7.35. The first-order valence-corrected chi connectivity index (χ1v) is 8.23. The van der Waals surface area contributed by atoms with Gasteiger partial charge in [0.1, 0.15) is 18.0 Å². The van der Waals surface area contributed by atoms with Gasteiger partial charge in [0.15, 0.2) is 0 Å². The molecule has 0 saturated carbocycles. The van der Waals surface area contributed by atoms with E-state index in [1.54, 1.807) is 6.33 Å². The van der Waals surface area contributed by atoms with Crippen LogP contribution in [-0.2, 0) is 17.7 Å². The van der Waals surface area contributed by atoms with Crippen LogP contribution in [0.5, 0.6) is 0 Å². The molecule has 2 aliphatic heterocycles. The minimum absolute atomic E-state index is 0.779. The second-order valence-electron chi connectivity index (χ2n) is 5.37. The van der Waals surface area contributed by atoms with Crippen molar-refractivity contribution in [3.63, 3.8) is 0 Å². The molecule has 0 radical (unpaired) electrons. The molecule has 5 nitrogen and oxygen atoms in total. The van der Waals surface area contributed by atoms with Gasteiger partial charge in [-0.05, 0) is 23.4 Å². The van der Waals surface area contributed by atoms with Crippen LogP contribution in [0, 0.1) is 0 Å². The van der Waals surface area contributed by atoms with E-state index in [1.807, 2.05) is 11.3 Å². The van der Waals surface area contributed by atoms with Crippen LogP contribution in [0.4, 0.5) is 11.6 Å². The Balaban J connectivity index is 1.55. The van der Waals surface area contributed by atoms with Crippen LogP contribution >= 0.6 is 11.3 Å². The fourth-order valence-corrected chi connectivity index (χ4v) is 3.81. The van der Waals surface area contributed by atoms with Crippen LogP contribution in [0.1, 0.15) is 10.4 Å². The second kappa shape index (κ2) is 5.61. The van der Waals surface area contributed by atoms with Gasteiger partial charge in [-0.3, -0.25) is 0 Å². The van der Waals surface area contributed by atoms with Gasteiger partial charge in [-0.25, -0.2) is 9.97 Å². The van der Waals surface area contributed by atoms with Crippen LogP contribution < -0.4 is 9.80 Å². The van der Waals surface area contributed by atoms with Crippen molar-refractivity contribution in [1.82, 2.24) is 9.97 Å². The molecule has 0 atom stereocenters. The van der Waals surface area contributed by atoms with Crippen LogP contribution in [0.2, 0.25) is 0 Å². The number of anilines is 2. The molecule has 1 fully saturated rings. The van der Waals surface area contributed by atoms with Gasteiger partial charge in [0.05, 0.1) is 13.2 Å². The number of thiophene rings is 1. The van der Waals surface area contributed by atoms with E-state index in [4.69, 9.17) is 4.74 Å². The van der Waals surface area contributed by atoms with Gasteiger partial charge in [0.2, 0.25) is 0 Å². The Kier molecular flexibility index (Phi) is 3.48. The lowest BCUT2D eigenvalue weighted by atomic mass is 10.1. The van der Waals surface area contributed by atoms with E-state index in [9.17, 15) is 0 Å². The third kappa shape index (κ3) is 2.61. The summed E-state index contributed by atoms with van der Waals surface area (Å²) in [4.78, 5) is 15.0. The zero-order valence-corrected chi connectivity index (χ0v) is 12.7. The lowest BCUT2D eigenvalue weighted by molar-refractivity contribution is 0.122. The van der Waals surface area contributed by atoms with Gasteiger partial charge in [-0.2, -0.15) is 0 Å². The molecule has 0 unspecified atom stereocenters. The molecule has 0 bridgehead atoms. The summed E-state index contributed by atoms with van der Waals surface area (Å²) in [5, 5.41) is 2.19. The highest BCUT2D eigenvalue weighted by Crippen LogP contribution is 2.28. The molecule has 2 aliphatic rings. The van der Waals surface area contributed by atoms with Crippen LogP contribution in [-0.4, -0.2) is 42.8 Å². The normalized spacial score (nSPS) is 18.7. The predicted molar refractivity (Wildman–Crippen MR) is 84.1 cm³/mol. The van der Waals surface area contributed by atoms with Crippen molar-refractivity contribution in [2.24, 2.45) is 0 Å². The molecular weight excluding hydrogens is 284 g/mol. The van der Waals surface area contributed by atoms with E-state index in [0.29, 0.717) is 0 Å². The number of ether oxygens (including phenoxy) is 1. The number of nitrogens with zero attached hydrogens (tertiary/aromatic N) is 4. The topological polar surface area (TPSA) is 41.5 Å². The van der Waals surface area contributed by atoms with Crippen molar-refractivity contribution in [1.29, 1.82) is 0 Å². The Bertz CT molecular complexity index is 624. The summed E-state index contributed by atoms with van der Waals surface area (Å²) < 4.78 is 5.40. The van der Waals surface area contributed by atoms with E-state index < -0.39 is 0 Å². The summed E-state index contributed by atoms with van der Waals surface area (Å²) in [6.07, 6.45) is 2.80. The zero-order chi connectivity index (χ0) is 14.1. The van der Waals surface area contributed by atoms with E-state index in [2.05, 4.69) is 37.3 Å². The van der Waals surface area contributed by atoms with Crippen molar-refractivity contribution in [3.8, 4) is 0 Å².